The molecule has 2 aromatic carbocycles. The van der Waals surface area contributed by atoms with Crippen LogP contribution in [0.2, 0.25) is 10.0 Å². The quantitative estimate of drug-likeness (QED) is 0.613. The zero-order valence-corrected chi connectivity index (χ0v) is 14.7. The molecular formula is C17H15Cl2N3O3. The lowest BCUT2D eigenvalue weighted by molar-refractivity contribution is -0.384. The van der Waals surface area contributed by atoms with E-state index in [4.69, 9.17) is 23.2 Å². The first-order chi connectivity index (χ1) is 11.9. The molecule has 0 aromatic heterocycles. The zero-order chi connectivity index (χ0) is 18.0. The fraction of sp³-hybridized carbons (Fsp3) is 0.235. The third kappa shape index (κ3) is 4.03. The van der Waals surface area contributed by atoms with Crippen LogP contribution in [0.4, 0.5) is 17.1 Å². The van der Waals surface area contributed by atoms with Crippen LogP contribution in [0.25, 0.3) is 0 Å². The highest BCUT2D eigenvalue weighted by atomic mass is 35.5. The van der Waals surface area contributed by atoms with Crippen molar-refractivity contribution in [2.45, 2.75) is 12.8 Å². The average molecular weight is 380 g/mol. The van der Waals surface area contributed by atoms with Crippen LogP contribution in [-0.2, 0) is 0 Å². The Morgan fingerprint density at radius 3 is 2.32 bits per heavy atom. The number of nitro benzene ring substituents is 1. The molecule has 130 valence electrons. The van der Waals surface area contributed by atoms with Gasteiger partial charge >= 0.3 is 0 Å². The van der Waals surface area contributed by atoms with Crippen LogP contribution in [0.15, 0.2) is 36.4 Å². The van der Waals surface area contributed by atoms with E-state index in [1.807, 2.05) is 4.90 Å². The standard InChI is InChI=1S/C17H15Cl2N3O3/c18-12-8-13(19)10-14(9-12)20-17(23)11-3-4-15(16(7-11)22(24)25)21-5-1-2-6-21/h3-4,7-10H,1-2,5-6H2,(H,20,23). The molecule has 8 heteroatoms. The summed E-state index contributed by atoms with van der Waals surface area (Å²) in [4.78, 5) is 25.3. The van der Waals surface area contributed by atoms with Crippen molar-refractivity contribution in [3.63, 3.8) is 0 Å². The van der Waals surface area contributed by atoms with Gasteiger partial charge in [0.15, 0.2) is 0 Å². The van der Waals surface area contributed by atoms with Crippen molar-refractivity contribution in [1.82, 2.24) is 0 Å². The first-order valence-electron chi connectivity index (χ1n) is 7.75. The van der Waals surface area contributed by atoms with Crippen molar-refractivity contribution in [3.8, 4) is 0 Å². The van der Waals surface area contributed by atoms with Crippen LogP contribution in [0.5, 0.6) is 0 Å². The Balaban J connectivity index is 1.87. The van der Waals surface area contributed by atoms with Gasteiger partial charge in [0.1, 0.15) is 5.69 Å². The minimum Gasteiger partial charge on any atom is -0.366 e. The zero-order valence-electron chi connectivity index (χ0n) is 13.2. The lowest BCUT2D eigenvalue weighted by Crippen LogP contribution is -2.19. The van der Waals surface area contributed by atoms with Crippen molar-refractivity contribution in [2.75, 3.05) is 23.3 Å². The van der Waals surface area contributed by atoms with Crippen molar-refractivity contribution < 1.29 is 9.72 Å². The number of anilines is 2. The highest BCUT2D eigenvalue weighted by molar-refractivity contribution is 6.35. The molecule has 0 unspecified atom stereocenters. The molecule has 1 saturated heterocycles. The van der Waals surface area contributed by atoms with Gasteiger partial charge in [0, 0.05) is 40.5 Å². The molecule has 6 nitrogen and oxygen atoms in total. The second-order valence-electron chi connectivity index (χ2n) is 5.77. The summed E-state index contributed by atoms with van der Waals surface area (Å²) in [6.45, 7) is 1.57. The van der Waals surface area contributed by atoms with E-state index in [-0.39, 0.29) is 11.3 Å². The fourth-order valence-electron chi connectivity index (χ4n) is 2.87. The summed E-state index contributed by atoms with van der Waals surface area (Å²) in [6, 6.07) is 9.17. The predicted octanol–water partition coefficient (Wildman–Crippen LogP) is 4.75. The number of halogens is 2. The Morgan fingerprint density at radius 1 is 1.08 bits per heavy atom. The minimum absolute atomic E-state index is 0.0707. The molecule has 1 heterocycles. The van der Waals surface area contributed by atoms with Crippen LogP contribution in [-0.4, -0.2) is 23.9 Å². The Kier molecular flexibility index (Phi) is 5.11. The van der Waals surface area contributed by atoms with Crippen LogP contribution < -0.4 is 10.2 Å². The molecule has 1 amide bonds. The van der Waals surface area contributed by atoms with E-state index in [0.29, 0.717) is 21.4 Å². The van der Waals surface area contributed by atoms with Crippen LogP contribution >= 0.6 is 23.2 Å². The Labute approximate surface area is 154 Å². The molecule has 1 fully saturated rings. The van der Waals surface area contributed by atoms with Gasteiger partial charge in [-0.2, -0.15) is 0 Å². The van der Waals surface area contributed by atoms with Crippen molar-refractivity contribution in [2.24, 2.45) is 0 Å². The van der Waals surface area contributed by atoms with Gasteiger partial charge in [-0.05, 0) is 43.2 Å². The van der Waals surface area contributed by atoms with E-state index < -0.39 is 10.8 Å². The van der Waals surface area contributed by atoms with Gasteiger partial charge in [0.2, 0.25) is 0 Å². The normalized spacial score (nSPS) is 13.8. The molecule has 1 aliphatic rings. The van der Waals surface area contributed by atoms with Gasteiger partial charge in [-0.15, -0.1) is 0 Å². The number of amides is 1. The molecule has 0 saturated carbocycles. The SMILES string of the molecule is O=C(Nc1cc(Cl)cc(Cl)c1)c1ccc(N2CCCC2)c([N+](=O)[O-])c1. The summed E-state index contributed by atoms with van der Waals surface area (Å²) in [6.07, 6.45) is 2.02. The van der Waals surface area contributed by atoms with Gasteiger partial charge < -0.3 is 10.2 Å². The van der Waals surface area contributed by atoms with Gasteiger partial charge in [-0.25, -0.2) is 0 Å². The van der Waals surface area contributed by atoms with Crippen molar-refractivity contribution >= 4 is 46.2 Å². The number of nitrogens with one attached hydrogen (secondary N) is 1. The molecule has 0 radical (unpaired) electrons. The summed E-state index contributed by atoms with van der Waals surface area (Å²) < 4.78 is 0. The smallest absolute Gasteiger partial charge is 0.293 e. The van der Waals surface area contributed by atoms with Crippen LogP contribution in [0, 0.1) is 10.1 Å². The number of nitro groups is 1. The number of benzene rings is 2. The Morgan fingerprint density at radius 2 is 1.72 bits per heavy atom. The molecule has 0 spiro atoms. The summed E-state index contributed by atoms with van der Waals surface area (Å²) >= 11 is 11.8. The van der Waals surface area contributed by atoms with Gasteiger partial charge in [-0.1, -0.05) is 23.2 Å². The predicted molar refractivity (Wildman–Crippen MR) is 99.0 cm³/mol. The molecule has 0 atom stereocenters. The molecule has 2 aromatic rings. The van der Waals surface area contributed by atoms with Gasteiger partial charge in [-0.3, -0.25) is 14.9 Å². The fourth-order valence-corrected chi connectivity index (χ4v) is 3.39. The lowest BCUT2D eigenvalue weighted by atomic mass is 10.1. The first kappa shape index (κ1) is 17.5. The van der Waals surface area contributed by atoms with Gasteiger partial charge in [0.05, 0.1) is 4.92 Å². The molecule has 0 aliphatic carbocycles. The minimum atomic E-state index is -0.464. The molecule has 0 bridgehead atoms. The second kappa shape index (κ2) is 7.29. The summed E-state index contributed by atoms with van der Waals surface area (Å²) in [5, 5.41) is 14.8. The van der Waals surface area contributed by atoms with E-state index >= 15 is 0 Å². The third-order valence-electron chi connectivity index (χ3n) is 4.00. The van der Waals surface area contributed by atoms with Crippen LogP contribution in [0.3, 0.4) is 0 Å². The van der Waals surface area contributed by atoms with E-state index in [2.05, 4.69) is 5.32 Å². The highest BCUT2D eigenvalue weighted by Crippen LogP contribution is 2.32. The first-order valence-corrected chi connectivity index (χ1v) is 8.50. The average Bonchev–Trinajstić information content (AvgIpc) is 3.07. The Bertz CT molecular complexity index is 816. The molecular weight excluding hydrogens is 365 g/mol. The lowest BCUT2D eigenvalue weighted by Gasteiger charge is -2.17. The molecule has 3 rings (SSSR count). The van der Waals surface area contributed by atoms with E-state index in [1.165, 1.54) is 6.07 Å². The van der Waals surface area contributed by atoms with Crippen molar-refractivity contribution in [1.29, 1.82) is 0 Å². The summed E-state index contributed by atoms with van der Waals surface area (Å²) in [5.74, 6) is -0.464. The molecule has 1 N–H and O–H groups in total. The number of rotatable bonds is 4. The maximum Gasteiger partial charge on any atom is 0.293 e. The second-order valence-corrected chi connectivity index (χ2v) is 6.64. The molecule has 1 aliphatic heterocycles. The maximum absolute atomic E-state index is 12.4. The highest BCUT2D eigenvalue weighted by Gasteiger charge is 2.23. The number of carbonyl (C=O) groups excluding carboxylic acids is 1. The maximum atomic E-state index is 12.4. The summed E-state index contributed by atoms with van der Waals surface area (Å²) in [7, 11) is 0. The monoisotopic (exact) mass is 379 g/mol. The van der Waals surface area contributed by atoms with Crippen molar-refractivity contribution in [3.05, 3.63) is 62.1 Å². The topological polar surface area (TPSA) is 75.5 Å². The summed E-state index contributed by atoms with van der Waals surface area (Å²) in [5.41, 5.74) is 1.10. The van der Waals surface area contributed by atoms with Gasteiger partial charge in [0.25, 0.3) is 11.6 Å². The Hall–Kier alpha value is -2.31. The van der Waals surface area contributed by atoms with E-state index in [0.717, 1.165) is 25.9 Å². The molecule has 25 heavy (non-hydrogen) atoms. The number of hydrogen-bond donors (Lipinski definition) is 1. The number of hydrogen-bond acceptors (Lipinski definition) is 4. The number of nitrogens with zero attached hydrogens (tertiary/aromatic N) is 2. The van der Waals surface area contributed by atoms with Crippen LogP contribution in [0.1, 0.15) is 23.2 Å². The van der Waals surface area contributed by atoms with E-state index in [1.54, 1.807) is 30.3 Å². The third-order valence-corrected chi connectivity index (χ3v) is 4.44. The van der Waals surface area contributed by atoms with E-state index in [9.17, 15) is 14.9 Å². The number of carbonyl (C=O) groups is 1. The largest absolute Gasteiger partial charge is 0.366 e.